The highest BCUT2D eigenvalue weighted by Gasteiger charge is 2.35. The molecule has 2 aliphatic heterocycles. The van der Waals surface area contributed by atoms with Gasteiger partial charge in [-0.1, -0.05) is 24.7 Å². The number of amides is 3. The Kier molecular flexibility index (Phi) is 4.99. The topological polar surface area (TPSA) is 83.8 Å². The van der Waals surface area contributed by atoms with Crippen LogP contribution in [-0.2, 0) is 13.0 Å². The van der Waals surface area contributed by atoms with Crippen molar-refractivity contribution in [2.45, 2.75) is 32.7 Å². The van der Waals surface area contributed by atoms with Gasteiger partial charge >= 0.3 is 0 Å². The Labute approximate surface area is 167 Å². The van der Waals surface area contributed by atoms with Gasteiger partial charge in [0.05, 0.1) is 35.3 Å². The first-order chi connectivity index (χ1) is 13.5. The molecule has 4 rings (SSSR count). The predicted molar refractivity (Wildman–Crippen MR) is 106 cm³/mol. The number of benzene rings is 1. The third-order valence-electron chi connectivity index (χ3n) is 5.22. The number of aromatic nitrogens is 1. The fourth-order valence-corrected chi connectivity index (χ4v) is 4.70. The standard InChI is InChI=1S/C20H22N4O3S/c1-3-4-8-24-18(26)13-6-5-12(10-14(13)19(24)27)17(25)22-20-21-15-7-9-23(2)11-16(15)28-20/h5-6,10H,3-4,7-9,11H2,1-2H3,(H,21,22,25)/p+1. The molecule has 0 spiro atoms. The number of carbonyl (C=O) groups is 3. The van der Waals surface area contributed by atoms with Gasteiger partial charge in [0.15, 0.2) is 5.13 Å². The molecule has 3 amide bonds. The van der Waals surface area contributed by atoms with Gasteiger partial charge in [0.25, 0.3) is 17.7 Å². The number of anilines is 1. The van der Waals surface area contributed by atoms with Crippen molar-refractivity contribution >= 4 is 34.2 Å². The van der Waals surface area contributed by atoms with Crippen LogP contribution in [0.15, 0.2) is 18.2 Å². The number of unbranched alkanes of at least 4 members (excludes halogenated alkanes) is 1. The minimum absolute atomic E-state index is 0.278. The Bertz CT molecular complexity index is 968. The molecule has 0 fully saturated rings. The lowest BCUT2D eigenvalue weighted by molar-refractivity contribution is -0.895. The predicted octanol–water partition coefficient (Wildman–Crippen LogP) is 1.36. The first-order valence-electron chi connectivity index (χ1n) is 9.59. The molecule has 7 nitrogen and oxygen atoms in total. The average molecular weight is 399 g/mol. The van der Waals surface area contributed by atoms with Crippen molar-refractivity contribution < 1.29 is 19.3 Å². The molecule has 0 saturated heterocycles. The molecule has 146 valence electrons. The van der Waals surface area contributed by atoms with Gasteiger partial charge in [-0.25, -0.2) is 4.98 Å². The summed E-state index contributed by atoms with van der Waals surface area (Å²) in [4.78, 5) is 46.1. The number of hydrogen-bond acceptors (Lipinski definition) is 5. The smallest absolute Gasteiger partial charge is 0.261 e. The molecule has 8 heteroatoms. The summed E-state index contributed by atoms with van der Waals surface area (Å²) in [7, 11) is 2.15. The van der Waals surface area contributed by atoms with Gasteiger partial charge in [0.1, 0.15) is 6.54 Å². The zero-order chi connectivity index (χ0) is 19.8. The van der Waals surface area contributed by atoms with Crippen LogP contribution in [0.3, 0.4) is 0 Å². The van der Waals surface area contributed by atoms with Crippen molar-refractivity contribution in [2.24, 2.45) is 0 Å². The van der Waals surface area contributed by atoms with Crippen molar-refractivity contribution in [1.29, 1.82) is 0 Å². The first kappa shape index (κ1) is 18.8. The lowest BCUT2D eigenvalue weighted by Gasteiger charge is -2.17. The maximum absolute atomic E-state index is 12.7. The van der Waals surface area contributed by atoms with Crippen LogP contribution in [0.4, 0.5) is 5.13 Å². The van der Waals surface area contributed by atoms with Gasteiger partial charge < -0.3 is 4.90 Å². The molecule has 2 aliphatic rings. The first-order valence-corrected chi connectivity index (χ1v) is 10.4. The molecule has 1 atom stereocenters. The second-order valence-electron chi connectivity index (χ2n) is 7.35. The molecule has 2 aromatic rings. The Hall–Kier alpha value is -2.58. The van der Waals surface area contributed by atoms with Crippen LogP contribution < -0.4 is 10.2 Å². The van der Waals surface area contributed by atoms with Crippen molar-refractivity contribution in [1.82, 2.24) is 9.88 Å². The van der Waals surface area contributed by atoms with Crippen LogP contribution in [0.1, 0.15) is 61.4 Å². The molecule has 0 aliphatic carbocycles. The molecular formula is C20H23N4O3S+. The maximum atomic E-state index is 12.7. The molecule has 1 aromatic carbocycles. The molecule has 0 radical (unpaired) electrons. The zero-order valence-electron chi connectivity index (χ0n) is 16.0. The quantitative estimate of drug-likeness (QED) is 0.744. The highest BCUT2D eigenvalue weighted by atomic mass is 32.1. The number of fused-ring (bicyclic) bond motifs is 2. The third-order valence-corrected chi connectivity index (χ3v) is 6.23. The van der Waals surface area contributed by atoms with Crippen LogP contribution in [-0.4, -0.2) is 47.7 Å². The molecule has 28 heavy (non-hydrogen) atoms. The van der Waals surface area contributed by atoms with Gasteiger partial charge in [0.2, 0.25) is 0 Å². The molecule has 2 N–H and O–H groups in total. The molecule has 1 aromatic heterocycles. The SMILES string of the molecule is CCCCN1C(=O)c2ccc(C(=O)Nc3nc4c(s3)C[NH+](C)CC4)cc2C1=O. The number of nitrogens with zero attached hydrogens (tertiary/aromatic N) is 2. The number of rotatable bonds is 5. The number of hydrogen-bond donors (Lipinski definition) is 2. The van der Waals surface area contributed by atoms with E-state index in [1.165, 1.54) is 32.1 Å². The monoisotopic (exact) mass is 399 g/mol. The van der Waals surface area contributed by atoms with Crippen molar-refractivity contribution in [3.05, 3.63) is 45.5 Å². The largest absolute Gasteiger partial charge is 0.333 e. The van der Waals surface area contributed by atoms with Gasteiger partial charge in [0, 0.05) is 18.5 Å². The molecular weight excluding hydrogens is 376 g/mol. The average Bonchev–Trinajstić information content (AvgIpc) is 3.18. The Morgan fingerprint density at radius 1 is 1.29 bits per heavy atom. The van der Waals surface area contributed by atoms with Gasteiger partial charge in [-0.2, -0.15) is 0 Å². The van der Waals surface area contributed by atoms with Crippen LogP contribution in [0, 0.1) is 0 Å². The number of likely N-dealkylation sites (N-methyl/N-ethyl adjacent to an activating group) is 1. The summed E-state index contributed by atoms with van der Waals surface area (Å²) in [5.41, 5.74) is 2.09. The molecule has 0 bridgehead atoms. The summed E-state index contributed by atoms with van der Waals surface area (Å²) in [6.07, 6.45) is 2.58. The van der Waals surface area contributed by atoms with E-state index in [1.54, 1.807) is 12.1 Å². The lowest BCUT2D eigenvalue weighted by atomic mass is 10.1. The molecule has 0 saturated carbocycles. The summed E-state index contributed by atoms with van der Waals surface area (Å²) in [6.45, 7) is 4.38. The van der Waals surface area contributed by atoms with E-state index in [4.69, 9.17) is 0 Å². The summed E-state index contributed by atoms with van der Waals surface area (Å²) >= 11 is 1.50. The number of imide groups is 1. The van der Waals surface area contributed by atoms with Crippen molar-refractivity contribution in [3.8, 4) is 0 Å². The van der Waals surface area contributed by atoms with Gasteiger partial charge in [-0.05, 0) is 24.6 Å². The van der Waals surface area contributed by atoms with Gasteiger partial charge in [-0.3, -0.25) is 24.6 Å². The van der Waals surface area contributed by atoms with Gasteiger partial charge in [-0.15, -0.1) is 0 Å². The third kappa shape index (κ3) is 3.33. The fraction of sp³-hybridized carbons (Fsp3) is 0.400. The van der Waals surface area contributed by atoms with E-state index < -0.39 is 0 Å². The van der Waals surface area contributed by atoms with E-state index in [0.717, 1.165) is 38.0 Å². The normalized spacial score (nSPS) is 18.2. The molecule has 1 unspecified atom stereocenters. The van der Waals surface area contributed by atoms with Crippen LogP contribution in [0.25, 0.3) is 0 Å². The zero-order valence-corrected chi connectivity index (χ0v) is 16.8. The number of nitrogens with one attached hydrogen (secondary N) is 2. The van der Waals surface area contributed by atoms with Crippen LogP contribution in [0.5, 0.6) is 0 Å². The Morgan fingerprint density at radius 3 is 2.86 bits per heavy atom. The highest BCUT2D eigenvalue weighted by molar-refractivity contribution is 7.15. The minimum atomic E-state index is -0.321. The Balaban J connectivity index is 1.52. The number of quaternary nitrogens is 1. The van der Waals surface area contributed by atoms with Crippen molar-refractivity contribution in [2.75, 3.05) is 25.5 Å². The Morgan fingerprint density at radius 2 is 2.07 bits per heavy atom. The summed E-state index contributed by atoms with van der Waals surface area (Å²) in [6, 6.07) is 4.68. The van der Waals surface area contributed by atoms with Crippen molar-refractivity contribution in [3.63, 3.8) is 0 Å². The van der Waals surface area contributed by atoms with E-state index in [2.05, 4.69) is 17.3 Å². The van der Waals surface area contributed by atoms with E-state index in [-0.39, 0.29) is 17.7 Å². The second kappa shape index (κ2) is 7.44. The summed E-state index contributed by atoms with van der Waals surface area (Å²) in [5, 5.41) is 3.42. The lowest BCUT2D eigenvalue weighted by Crippen LogP contribution is -3.08. The summed E-state index contributed by atoms with van der Waals surface area (Å²) in [5.74, 6) is -0.916. The summed E-state index contributed by atoms with van der Waals surface area (Å²) < 4.78 is 0. The number of carbonyl (C=O) groups excluding carboxylic acids is 3. The van der Waals surface area contributed by atoms with Crippen LogP contribution in [0.2, 0.25) is 0 Å². The maximum Gasteiger partial charge on any atom is 0.261 e. The van der Waals surface area contributed by atoms with E-state index in [1.807, 2.05) is 6.92 Å². The molecule has 3 heterocycles. The van der Waals surface area contributed by atoms with E-state index >= 15 is 0 Å². The highest BCUT2D eigenvalue weighted by Crippen LogP contribution is 2.27. The second-order valence-corrected chi connectivity index (χ2v) is 8.44. The number of thiazole rings is 1. The minimum Gasteiger partial charge on any atom is -0.333 e. The van der Waals surface area contributed by atoms with Crippen LogP contribution >= 0.6 is 11.3 Å². The van der Waals surface area contributed by atoms with E-state index in [9.17, 15) is 14.4 Å². The van der Waals surface area contributed by atoms with E-state index in [0.29, 0.717) is 28.4 Å². The fourth-order valence-electron chi connectivity index (χ4n) is 3.59.